The van der Waals surface area contributed by atoms with Gasteiger partial charge in [-0.25, -0.2) is 0 Å². The highest BCUT2D eigenvalue weighted by Gasteiger charge is 2.62. The molecule has 5 saturated carbocycles. The molecule has 1 aromatic rings. The van der Waals surface area contributed by atoms with E-state index in [-0.39, 0.29) is 47.6 Å². The van der Waals surface area contributed by atoms with Gasteiger partial charge < -0.3 is 25.2 Å². The van der Waals surface area contributed by atoms with Gasteiger partial charge >= 0.3 is 0 Å². The molecule has 5 aliphatic carbocycles. The maximum absolute atomic E-state index is 14.1. The number of aromatic nitrogens is 1. The number of likely N-dealkylation sites (tertiary alicyclic amines) is 2. The number of hydrogen-bond donors (Lipinski definition) is 2. The molecule has 1 unspecified atom stereocenters. The second kappa shape index (κ2) is 10.5. The number of ether oxygens (including phenoxy) is 1. The van der Waals surface area contributed by atoms with Crippen LogP contribution in [0.25, 0.3) is 0 Å². The number of amides is 4. The Labute approximate surface area is 257 Å². The Morgan fingerprint density at radius 2 is 1.63 bits per heavy atom. The van der Waals surface area contributed by atoms with Gasteiger partial charge in [0, 0.05) is 44.6 Å². The van der Waals surface area contributed by atoms with E-state index in [1.54, 1.807) is 23.7 Å². The lowest BCUT2D eigenvalue weighted by atomic mass is 9.55. The highest BCUT2D eigenvalue weighted by Crippen LogP contribution is 2.56. The molecule has 1 spiro atoms. The van der Waals surface area contributed by atoms with Crippen LogP contribution in [0.2, 0.25) is 0 Å². The van der Waals surface area contributed by atoms with Crippen molar-refractivity contribution in [2.45, 2.75) is 77.5 Å². The van der Waals surface area contributed by atoms with Crippen molar-refractivity contribution in [1.82, 2.24) is 25.4 Å². The second-order valence-corrected chi connectivity index (χ2v) is 16.1. The van der Waals surface area contributed by atoms with E-state index in [1.807, 2.05) is 11.8 Å². The normalized spacial score (nSPS) is 35.8. The van der Waals surface area contributed by atoms with E-state index >= 15 is 0 Å². The van der Waals surface area contributed by atoms with Crippen LogP contribution in [0, 0.1) is 46.3 Å². The number of nitrogens with zero attached hydrogens (tertiary/aromatic N) is 3. The van der Waals surface area contributed by atoms with Crippen molar-refractivity contribution < 1.29 is 23.9 Å². The maximum atomic E-state index is 14.1. The van der Waals surface area contributed by atoms with Crippen molar-refractivity contribution >= 4 is 35.0 Å². The third-order valence-electron chi connectivity index (χ3n) is 11.8. The number of carbonyl (C=O) groups is 4. The molecule has 1 aromatic heterocycles. The van der Waals surface area contributed by atoms with Gasteiger partial charge in [0.05, 0.1) is 29.8 Å². The summed E-state index contributed by atoms with van der Waals surface area (Å²) in [6.45, 7) is 7.63. The summed E-state index contributed by atoms with van der Waals surface area (Å²) in [5.74, 6) is 1.66. The summed E-state index contributed by atoms with van der Waals surface area (Å²) in [5.41, 5.74) is 1.11. The summed E-state index contributed by atoms with van der Waals surface area (Å²) in [6.07, 6.45) is 8.29. The van der Waals surface area contributed by atoms with Crippen LogP contribution in [0.4, 0.5) is 0 Å². The largest absolute Gasteiger partial charge is 0.372 e. The van der Waals surface area contributed by atoms with Crippen LogP contribution in [0.5, 0.6) is 0 Å². The summed E-state index contributed by atoms with van der Waals surface area (Å²) in [5, 5.41) is 5.80. The van der Waals surface area contributed by atoms with Crippen LogP contribution < -0.4 is 10.6 Å². The molecule has 2 N–H and O–H groups in total. The van der Waals surface area contributed by atoms with Crippen molar-refractivity contribution in [2.75, 3.05) is 33.2 Å². The summed E-state index contributed by atoms with van der Waals surface area (Å²) in [4.78, 5) is 62.0. The predicted octanol–water partition coefficient (Wildman–Crippen LogP) is 2.55. The Bertz CT molecular complexity index is 1260. The third-order valence-corrected chi connectivity index (χ3v) is 12.6. The van der Waals surface area contributed by atoms with Crippen molar-refractivity contribution in [3.63, 3.8) is 0 Å². The Balaban J connectivity index is 1.07. The number of thiazole rings is 1. The second-order valence-electron chi connectivity index (χ2n) is 15.2. The van der Waals surface area contributed by atoms with E-state index in [9.17, 15) is 19.2 Å². The van der Waals surface area contributed by atoms with Gasteiger partial charge in [0.1, 0.15) is 10.9 Å². The van der Waals surface area contributed by atoms with Crippen LogP contribution in [-0.4, -0.2) is 89.9 Å². The first-order valence-electron chi connectivity index (χ1n) is 16.1. The van der Waals surface area contributed by atoms with Crippen LogP contribution >= 0.6 is 11.3 Å². The van der Waals surface area contributed by atoms with E-state index in [1.165, 1.54) is 43.4 Å². The lowest BCUT2D eigenvalue weighted by Crippen LogP contribution is -2.65. The van der Waals surface area contributed by atoms with Gasteiger partial charge in [-0.15, -0.1) is 11.3 Å². The summed E-state index contributed by atoms with van der Waals surface area (Å²) in [7, 11) is 1.58. The molecule has 4 amide bonds. The molecule has 8 rings (SSSR count). The fraction of sp³-hybridized carbons (Fsp3) is 0.781. The quantitative estimate of drug-likeness (QED) is 0.466. The lowest BCUT2D eigenvalue weighted by Gasteiger charge is -2.54. The fourth-order valence-corrected chi connectivity index (χ4v) is 10.1. The number of likely N-dealkylation sites (N-methyl/N-ethyl adjacent to an activating group) is 1. The first kappa shape index (κ1) is 29.2. The lowest BCUT2D eigenvalue weighted by molar-refractivity contribution is -0.162. The number of hydrogen-bond acceptors (Lipinski definition) is 7. The minimum absolute atomic E-state index is 0.0224. The molecule has 4 bridgehead atoms. The Morgan fingerprint density at radius 3 is 2.19 bits per heavy atom. The molecule has 0 radical (unpaired) electrons. The summed E-state index contributed by atoms with van der Waals surface area (Å²) in [6, 6.07) is -0.844. The van der Waals surface area contributed by atoms with Crippen LogP contribution in [0.1, 0.15) is 69.0 Å². The average molecular weight is 612 g/mol. The fourth-order valence-electron chi connectivity index (χ4n) is 9.49. The standard InChI is InChI=1S/C32H45N5O5S/c1-17(42-26-20-6-18-5-19(8-20)9-21(26)7-18)25(28(39)33-4)35-27(38)23-12-36(30(41)24-11-34-16-43-24)13-32(23)14-37(15-32)29(40)22-10-31(22,2)3/h11,16-23,25-26H,5-10,12-15H2,1-4H3,(H,33,39)(H,35,38)/t17-,18?,19?,20?,21?,22-,23?,25+,26?/m1/s1. The van der Waals surface area contributed by atoms with E-state index in [0.717, 1.165) is 18.3 Å². The topological polar surface area (TPSA) is 121 Å². The minimum Gasteiger partial charge on any atom is -0.372 e. The highest BCUT2D eigenvalue weighted by atomic mass is 32.1. The summed E-state index contributed by atoms with van der Waals surface area (Å²) < 4.78 is 6.68. The van der Waals surface area contributed by atoms with Crippen molar-refractivity contribution in [1.29, 1.82) is 0 Å². The van der Waals surface area contributed by atoms with Gasteiger partial charge in [0.2, 0.25) is 17.7 Å². The number of nitrogens with one attached hydrogen (secondary N) is 2. The molecule has 11 heteroatoms. The smallest absolute Gasteiger partial charge is 0.265 e. The number of carbonyl (C=O) groups excluding carboxylic acids is 4. The Kier molecular flexibility index (Phi) is 7.15. The molecule has 43 heavy (non-hydrogen) atoms. The SMILES string of the molecule is CNC(=O)[C@@H](NC(=O)C1CN(C(=O)c2cncs2)CC12CN(C(=O)[C@H]1CC1(C)C)C2)[C@@H](C)OC1C2CC3CC(C2)CC1C3. The van der Waals surface area contributed by atoms with E-state index in [0.29, 0.717) is 36.3 Å². The molecule has 234 valence electrons. The molecule has 7 fully saturated rings. The van der Waals surface area contributed by atoms with Crippen LogP contribution in [0.15, 0.2) is 11.7 Å². The van der Waals surface area contributed by atoms with Gasteiger partial charge in [-0.2, -0.15) is 0 Å². The van der Waals surface area contributed by atoms with Crippen LogP contribution in [0.3, 0.4) is 0 Å². The zero-order valence-corrected chi connectivity index (χ0v) is 26.5. The zero-order valence-electron chi connectivity index (χ0n) is 25.7. The van der Waals surface area contributed by atoms with Crippen molar-refractivity contribution in [3.05, 3.63) is 16.6 Å². The Hall–Kier alpha value is -2.53. The van der Waals surface area contributed by atoms with Crippen molar-refractivity contribution in [2.24, 2.45) is 46.3 Å². The van der Waals surface area contributed by atoms with Crippen molar-refractivity contribution in [3.8, 4) is 0 Å². The zero-order chi connectivity index (χ0) is 30.3. The highest BCUT2D eigenvalue weighted by molar-refractivity contribution is 7.11. The van der Waals surface area contributed by atoms with Gasteiger partial charge in [0.25, 0.3) is 5.91 Å². The maximum Gasteiger partial charge on any atom is 0.265 e. The monoisotopic (exact) mass is 611 g/mol. The molecule has 2 aliphatic heterocycles. The molecule has 2 saturated heterocycles. The van der Waals surface area contributed by atoms with E-state index in [4.69, 9.17) is 4.74 Å². The van der Waals surface area contributed by atoms with Crippen LogP contribution in [-0.2, 0) is 19.1 Å². The average Bonchev–Trinajstić information content (AvgIpc) is 3.32. The molecule has 3 heterocycles. The summed E-state index contributed by atoms with van der Waals surface area (Å²) >= 11 is 1.28. The molecular formula is C32H45N5O5S. The molecular weight excluding hydrogens is 566 g/mol. The molecule has 4 atom stereocenters. The van der Waals surface area contributed by atoms with E-state index in [2.05, 4.69) is 29.5 Å². The Morgan fingerprint density at radius 1 is 1.00 bits per heavy atom. The van der Waals surface area contributed by atoms with Gasteiger partial charge in [-0.1, -0.05) is 13.8 Å². The predicted molar refractivity (Wildman–Crippen MR) is 160 cm³/mol. The van der Waals surface area contributed by atoms with Gasteiger partial charge in [-0.3, -0.25) is 24.2 Å². The molecule has 10 nitrogen and oxygen atoms in total. The molecule has 7 aliphatic rings. The molecule has 0 aromatic carbocycles. The van der Waals surface area contributed by atoms with Gasteiger partial charge in [0.15, 0.2) is 0 Å². The number of rotatable bonds is 8. The minimum atomic E-state index is -0.844. The van der Waals surface area contributed by atoms with Gasteiger partial charge in [-0.05, 0) is 74.5 Å². The van der Waals surface area contributed by atoms with E-state index < -0.39 is 23.5 Å². The first-order chi connectivity index (χ1) is 20.5. The third kappa shape index (κ3) is 5.08. The first-order valence-corrected chi connectivity index (χ1v) is 17.0.